The van der Waals surface area contributed by atoms with Crippen LogP contribution >= 0.6 is 11.8 Å². The van der Waals surface area contributed by atoms with Crippen LogP contribution in [-0.2, 0) is 11.3 Å². The van der Waals surface area contributed by atoms with Crippen molar-refractivity contribution in [3.8, 4) is 17.0 Å². The zero-order valence-electron chi connectivity index (χ0n) is 13.9. The molecule has 2 atom stereocenters. The standard InChI is InChI=1S/C18H23N3O2S/c1-22-15-4-2-13(3-5-15)18-14(10-19-20-18)11-21-7-9-24-17-12-23-8-6-16(17)21/h2-5,10,16-17H,6-9,11-12H2,1H3,(H,19,20)/t16-,17-/m0/s1. The van der Waals surface area contributed by atoms with Gasteiger partial charge in [0.25, 0.3) is 0 Å². The molecule has 2 aliphatic rings. The molecule has 6 heteroatoms. The number of hydrogen-bond donors (Lipinski definition) is 1. The van der Waals surface area contributed by atoms with Crippen molar-refractivity contribution >= 4 is 11.8 Å². The quantitative estimate of drug-likeness (QED) is 0.923. The van der Waals surface area contributed by atoms with Gasteiger partial charge in [-0.25, -0.2) is 0 Å². The summed E-state index contributed by atoms with van der Waals surface area (Å²) >= 11 is 2.06. The van der Waals surface area contributed by atoms with Crippen molar-refractivity contribution in [1.82, 2.24) is 15.1 Å². The summed E-state index contributed by atoms with van der Waals surface area (Å²) in [5.41, 5.74) is 3.52. The molecular weight excluding hydrogens is 322 g/mol. The van der Waals surface area contributed by atoms with Crippen molar-refractivity contribution in [2.45, 2.75) is 24.3 Å². The third kappa shape index (κ3) is 3.18. The number of H-pyrrole nitrogens is 1. The highest BCUT2D eigenvalue weighted by molar-refractivity contribution is 8.00. The molecule has 0 amide bonds. The summed E-state index contributed by atoms with van der Waals surface area (Å²) in [5.74, 6) is 2.05. The van der Waals surface area contributed by atoms with Crippen LogP contribution in [0.2, 0.25) is 0 Å². The second kappa shape index (κ2) is 7.17. The summed E-state index contributed by atoms with van der Waals surface area (Å²) in [6.07, 6.45) is 3.10. The van der Waals surface area contributed by atoms with Gasteiger partial charge >= 0.3 is 0 Å². The van der Waals surface area contributed by atoms with E-state index < -0.39 is 0 Å². The number of hydrogen-bond acceptors (Lipinski definition) is 5. The third-order valence-corrected chi connectivity index (χ3v) is 6.22. The summed E-state index contributed by atoms with van der Waals surface area (Å²) in [7, 11) is 1.69. The Balaban J connectivity index is 1.53. The van der Waals surface area contributed by atoms with Crippen LogP contribution in [0.3, 0.4) is 0 Å². The fourth-order valence-electron chi connectivity index (χ4n) is 3.62. The summed E-state index contributed by atoms with van der Waals surface area (Å²) in [5, 5.41) is 8.09. The number of thioether (sulfide) groups is 1. The van der Waals surface area contributed by atoms with Crippen LogP contribution in [0, 0.1) is 0 Å². The monoisotopic (exact) mass is 345 g/mol. The molecule has 0 bridgehead atoms. The Morgan fingerprint density at radius 2 is 2.25 bits per heavy atom. The molecule has 2 saturated heterocycles. The van der Waals surface area contributed by atoms with E-state index in [2.05, 4.69) is 39.0 Å². The van der Waals surface area contributed by atoms with Crippen LogP contribution in [-0.4, -0.2) is 59.0 Å². The summed E-state index contributed by atoms with van der Waals surface area (Å²) in [6, 6.07) is 8.77. The first-order valence-corrected chi connectivity index (χ1v) is 9.50. The zero-order valence-corrected chi connectivity index (χ0v) is 14.7. The van der Waals surface area contributed by atoms with Crippen LogP contribution in [0.1, 0.15) is 12.0 Å². The molecule has 0 saturated carbocycles. The molecule has 128 valence electrons. The first-order valence-electron chi connectivity index (χ1n) is 8.45. The van der Waals surface area contributed by atoms with E-state index in [1.165, 1.54) is 11.3 Å². The molecule has 24 heavy (non-hydrogen) atoms. The molecule has 1 N–H and O–H groups in total. The van der Waals surface area contributed by atoms with Crippen LogP contribution < -0.4 is 4.74 Å². The Hall–Kier alpha value is -1.50. The number of aromatic amines is 1. The molecule has 2 aliphatic heterocycles. The Morgan fingerprint density at radius 3 is 3.08 bits per heavy atom. The first kappa shape index (κ1) is 16.0. The van der Waals surface area contributed by atoms with E-state index in [0.29, 0.717) is 11.3 Å². The second-order valence-electron chi connectivity index (χ2n) is 6.31. The SMILES string of the molecule is COc1ccc(-c2[nH]ncc2CN2CCS[C@H]3COCC[C@@H]32)cc1. The molecule has 0 spiro atoms. The van der Waals surface area contributed by atoms with Gasteiger partial charge in [-0.1, -0.05) is 0 Å². The fraction of sp³-hybridized carbons (Fsp3) is 0.500. The van der Waals surface area contributed by atoms with Crippen LogP contribution in [0.4, 0.5) is 0 Å². The minimum absolute atomic E-state index is 0.615. The number of nitrogens with zero attached hydrogens (tertiary/aromatic N) is 2. The molecule has 0 unspecified atom stereocenters. The molecule has 5 nitrogen and oxygen atoms in total. The van der Waals surface area contributed by atoms with E-state index in [1.54, 1.807) is 7.11 Å². The fourth-order valence-corrected chi connectivity index (χ4v) is 4.98. The Kier molecular flexibility index (Phi) is 4.78. The van der Waals surface area contributed by atoms with Crippen molar-refractivity contribution in [3.63, 3.8) is 0 Å². The van der Waals surface area contributed by atoms with Gasteiger partial charge in [0.15, 0.2) is 0 Å². The Bertz CT molecular complexity index is 671. The zero-order chi connectivity index (χ0) is 16.4. The number of methoxy groups -OCH3 is 1. The van der Waals surface area contributed by atoms with Gasteiger partial charge in [-0.05, 0) is 30.7 Å². The van der Waals surface area contributed by atoms with Crippen LogP contribution in [0.25, 0.3) is 11.3 Å². The predicted octanol–water partition coefficient (Wildman–Crippen LogP) is 2.79. The average Bonchev–Trinajstić information content (AvgIpc) is 3.10. The molecular formula is C18H23N3O2S. The van der Waals surface area contributed by atoms with E-state index >= 15 is 0 Å². The number of nitrogens with one attached hydrogen (secondary N) is 1. The van der Waals surface area contributed by atoms with Gasteiger partial charge in [-0.2, -0.15) is 16.9 Å². The number of ether oxygens (including phenoxy) is 2. The lowest BCUT2D eigenvalue weighted by Crippen LogP contribution is -2.51. The predicted molar refractivity (Wildman–Crippen MR) is 96.5 cm³/mol. The summed E-state index contributed by atoms with van der Waals surface area (Å²) in [4.78, 5) is 2.61. The van der Waals surface area contributed by atoms with E-state index in [0.717, 1.165) is 49.7 Å². The lowest BCUT2D eigenvalue weighted by atomic mass is 10.0. The van der Waals surface area contributed by atoms with E-state index in [-0.39, 0.29) is 0 Å². The number of fused-ring (bicyclic) bond motifs is 1. The smallest absolute Gasteiger partial charge is 0.118 e. The maximum absolute atomic E-state index is 5.66. The highest BCUT2D eigenvalue weighted by atomic mass is 32.2. The lowest BCUT2D eigenvalue weighted by Gasteiger charge is -2.43. The van der Waals surface area contributed by atoms with Gasteiger partial charge in [0.05, 0.1) is 25.6 Å². The highest BCUT2D eigenvalue weighted by Gasteiger charge is 2.34. The maximum atomic E-state index is 5.66. The molecule has 1 aromatic heterocycles. The highest BCUT2D eigenvalue weighted by Crippen LogP contribution is 2.32. The van der Waals surface area contributed by atoms with Crippen molar-refractivity contribution < 1.29 is 9.47 Å². The molecule has 2 aromatic rings. The van der Waals surface area contributed by atoms with Crippen molar-refractivity contribution in [3.05, 3.63) is 36.0 Å². The molecule has 1 aromatic carbocycles. The van der Waals surface area contributed by atoms with Gasteiger partial charge in [-0.15, -0.1) is 0 Å². The lowest BCUT2D eigenvalue weighted by molar-refractivity contribution is 0.0352. The number of benzene rings is 1. The van der Waals surface area contributed by atoms with E-state index in [9.17, 15) is 0 Å². The van der Waals surface area contributed by atoms with Crippen molar-refractivity contribution in [2.75, 3.05) is 32.6 Å². The molecule has 0 aliphatic carbocycles. The van der Waals surface area contributed by atoms with Gasteiger partial charge in [0.2, 0.25) is 0 Å². The minimum Gasteiger partial charge on any atom is -0.497 e. The summed E-state index contributed by atoms with van der Waals surface area (Å²) < 4.78 is 10.9. The van der Waals surface area contributed by atoms with Crippen LogP contribution in [0.15, 0.2) is 30.5 Å². The van der Waals surface area contributed by atoms with Gasteiger partial charge in [0, 0.05) is 47.9 Å². The number of aromatic nitrogens is 2. The van der Waals surface area contributed by atoms with Gasteiger partial charge in [-0.3, -0.25) is 10.00 Å². The van der Waals surface area contributed by atoms with Crippen LogP contribution in [0.5, 0.6) is 5.75 Å². The van der Waals surface area contributed by atoms with Gasteiger partial charge in [0.1, 0.15) is 5.75 Å². The maximum Gasteiger partial charge on any atom is 0.118 e. The largest absolute Gasteiger partial charge is 0.497 e. The Labute approximate surface area is 146 Å². The third-order valence-electron chi connectivity index (χ3n) is 4.92. The van der Waals surface area contributed by atoms with Gasteiger partial charge < -0.3 is 9.47 Å². The van der Waals surface area contributed by atoms with E-state index in [1.807, 2.05) is 18.3 Å². The molecule has 2 fully saturated rings. The number of rotatable bonds is 4. The van der Waals surface area contributed by atoms with Crippen molar-refractivity contribution in [2.24, 2.45) is 0 Å². The average molecular weight is 345 g/mol. The van der Waals surface area contributed by atoms with Crippen molar-refractivity contribution in [1.29, 1.82) is 0 Å². The molecule has 4 rings (SSSR count). The second-order valence-corrected chi connectivity index (χ2v) is 7.66. The first-order chi connectivity index (χ1) is 11.8. The normalized spacial score (nSPS) is 24.5. The van der Waals surface area contributed by atoms with E-state index in [4.69, 9.17) is 9.47 Å². The topological polar surface area (TPSA) is 50.4 Å². The minimum atomic E-state index is 0.615. The molecule has 0 radical (unpaired) electrons. The summed E-state index contributed by atoms with van der Waals surface area (Å²) in [6.45, 7) is 3.86. The Morgan fingerprint density at radius 1 is 1.38 bits per heavy atom. The molecule has 3 heterocycles.